The quantitative estimate of drug-likeness (QED) is 0.659. The van der Waals surface area contributed by atoms with E-state index in [1.54, 1.807) is 0 Å². The summed E-state index contributed by atoms with van der Waals surface area (Å²) < 4.78 is 0. The average Bonchev–Trinajstić information content (AvgIpc) is 3.09. The molecule has 0 amide bonds. The summed E-state index contributed by atoms with van der Waals surface area (Å²) in [5.41, 5.74) is -0.130. The van der Waals surface area contributed by atoms with E-state index in [0.717, 1.165) is 18.4 Å². The fourth-order valence-corrected chi connectivity index (χ4v) is 2.27. The Balaban J connectivity index is 1.67. The lowest BCUT2D eigenvalue weighted by Gasteiger charge is -2.23. The molecular weight excluding hydrogens is 196 g/mol. The molecule has 0 aliphatic heterocycles. The van der Waals surface area contributed by atoms with Crippen molar-refractivity contribution in [3.63, 3.8) is 0 Å². The molecule has 0 atom stereocenters. The molecule has 0 aromatic heterocycles. The molecule has 0 heterocycles. The molecule has 90 valence electrons. The third kappa shape index (κ3) is 3.79. The van der Waals surface area contributed by atoms with Gasteiger partial charge in [-0.3, -0.25) is 0 Å². The third-order valence-corrected chi connectivity index (χ3v) is 3.80. The first kappa shape index (κ1) is 11.9. The van der Waals surface area contributed by atoms with Crippen molar-refractivity contribution in [3.8, 4) is 6.07 Å². The average molecular weight is 220 g/mol. The van der Waals surface area contributed by atoms with E-state index in [9.17, 15) is 0 Å². The van der Waals surface area contributed by atoms with E-state index in [1.807, 2.05) is 0 Å². The van der Waals surface area contributed by atoms with E-state index in [1.165, 1.54) is 45.2 Å². The van der Waals surface area contributed by atoms with Gasteiger partial charge in [0.1, 0.15) is 0 Å². The first-order chi connectivity index (χ1) is 7.61. The van der Waals surface area contributed by atoms with Crippen LogP contribution in [0.2, 0.25) is 0 Å². The highest BCUT2D eigenvalue weighted by molar-refractivity contribution is 4.92. The Bertz CT molecular complexity index is 269. The summed E-state index contributed by atoms with van der Waals surface area (Å²) in [5, 5.41) is 8.97. The number of hydrogen-bond acceptors (Lipinski definition) is 2. The minimum atomic E-state index is -0.130. The highest BCUT2D eigenvalue weighted by atomic mass is 15.2. The van der Waals surface area contributed by atoms with Gasteiger partial charge >= 0.3 is 0 Å². The van der Waals surface area contributed by atoms with Gasteiger partial charge in [0, 0.05) is 12.6 Å². The Morgan fingerprint density at radius 2 is 1.94 bits per heavy atom. The van der Waals surface area contributed by atoms with Crippen LogP contribution in [0.25, 0.3) is 0 Å². The van der Waals surface area contributed by atoms with E-state index in [0.29, 0.717) is 0 Å². The van der Waals surface area contributed by atoms with Gasteiger partial charge in [0.25, 0.3) is 0 Å². The van der Waals surface area contributed by atoms with Gasteiger partial charge in [0.2, 0.25) is 0 Å². The van der Waals surface area contributed by atoms with Crippen molar-refractivity contribution in [2.45, 2.75) is 58.4 Å². The lowest BCUT2D eigenvalue weighted by atomic mass is 9.90. The smallest absolute Gasteiger partial charge is 0.0683 e. The number of hydrogen-bond donors (Lipinski definition) is 0. The zero-order chi connectivity index (χ0) is 11.6. The molecule has 0 spiro atoms. The van der Waals surface area contributed by atoms with Crippen molar-refractivity contribution in [2.24, 2.45) is 11.3 Å². The molecule has 0 bridgehead atoms. The maximum absolute atomic E-state index is 8.97. The van der Waals surface area contributed by atoms with Gasteiger partial charge in [0.15, 0.2) is 0 Å². The van der Waals surface area contributed by atoms with E-state index in [2.05, 4.69) is 24.8 Å². The second-order valence-electron chi connectivity index (χ2n) is 6.27. The van der Waals surface area contributed by atoms with Crippen LogP contribution < -0.4 is 0 Å². The van der Waals surface area contributed by atoms with Crippen LogP contribution >= 0.6 is 0 Å². The van der Waals surface area contributed by atoms with Crippen molar-refractivity contribution >= 4 is 0 Å². The van der Waals surface area contributed by atoms with Crippen molar-refractivity contribution in [1.82, 2.24) is 4.90 Å². The standard InChI is InChI=1S/C14H24N2/c1-14(2,11-15)8-3-9-16(13-6-7-13)10-12-4-5-12/h12-13H,3-10H2,1-2H3. The molecule has 0 saturated heterocycles. The molecule has 2 nitrogen and oxygen atoms in total. The predicted octanol–water partition coefficient (Wildman–Crippen LogP) is 3.19. The summed E-state index contributed by atoms with van der Waals surface area (Å²) in [6.07, 6.45) is 7.95. The van der Waals surface area contributed by atoms with Crippen molar-refractivity contribution < 1.29 is 0 Å². The minimum Gasteiger partial charge on any atom is -0.300 e. The summed E-state index contributed by atoms with van der Waals surface area (Å²) in [6.45, 7) is 6.65. The monoisotopic (exact) mass is 220 g/mol. The normalized spacial score (nSPS) is 21.1. The molecule has 0 aromatic rings. The highest BCUT2D eigenvalue weighted by Crippen LogP contribution is 2.35. The summed E-state index contributed by atoms with van der Waals surface area (Å²) in [4.78, 5) is 2.69. The second-order valence-corrected chi connectivity index (χ2v) is 6.27. The maximum Gasteiger partial charge on any atom is 0.0683 e. The molecule has 0 unspecified atom stereocenters. The Morgan fingerprint density at radius 3 is 2.44 bits per heavy atom. The van der Waals surface area contributed by atoms with E-state index < -0.39 is 0 Å². The molecule has 2 aliphatic rings. The van der Waals surface area contributed by atoms with Crippen LogP contribution in [-0.4, -0.2) is 24.0 Å². The summed E-state index contributed by atoms with van der Waals surface area (Å²) >= 11 is 0. The van der Waals surface area contributed by atoms with Crippen molar-refractivity contribution in [2.75, 3.05) is 13.1 Å². The van der Waals surface area contributed by atoms with Crippen LogP contribution in [-0.2, 0) is 0 Å². The second kappa shape index (κ2) is 4.75. The van der Waals surface area contributed by atoms with E-state index >= 15 is 0 Å². The predicted molar refractivity (Wildman–Crippen MR) is 65.9 cm³/mol. The molecule has 2 rings (SSSR count). The molecule has 0 radical (unpaired) electrons. The Labute approximate surface area is 99.6 Å². The van der Waals surface area contributed by atoms with Gasteiger partial charge in [-0.2, -0.15) is 5.26 Å². The van der Waals surface area contributed by atoms with Crippen LogP contribution in [0.5, 0.6) is 0 Å². The van der Waals surface area contributed by atoms with Crippen LogP contribution in [0, 0.1) is 22.7 Å². The Hall–Kier alpha value is -0.550. The molecule has 0 aromatic carbocycles. The zero-order valence-corrected chi connectivity index (χ0v) is 10.7. The Kier molecular flexibility index (Phi) is 3.54. The molecule has 16 heavy (non-hydrogen) atoms. The topological polar surface area (TPSA) is 27.0 Å². The molecule has 2 heteroatoms. The van der Waals surface area contributed by atoms with Gasteiger partial charge in [-0.15, -0.1) is 0 Å². The molecule has 2 saturated carbocycles. The zero-order valence-electron chi connectivity index (χ0n) is 10.7. The van der Waals surface area contributed by atoms with Gasteiger partial charge in [0.05, 0.1) is 11.5 Å². The Morgan fingerprint density at radius 1 is 1.25 bits per heavy atom. The highest BCUT2D eigenvalue weighted by Gasteiger charge is 2.33. The molecule has 2 aliphatic carbocycles. The van der Waals surface area contributed by atoms with Crippen LogP contribution in [0.1, 0.15) is 52.4 Å². The van der Waals surface area contributed by atoms with Gasteiger partial charge < -0.3 is 4.90 Å². The van der Waals surface area contributed by atoms with Gasteiger partial charge in [-0.05, 0) is 64.8 Å². The summed E-state index contributed by atoms with van der Waals surface area (Å²) in [7, 11) is 0. The maximum atomic E-state index is 8.97. The summed E-state index contributed by atoms with van der Waals surface area (Å²) in [5.74, 6) is 1.00. The fourth-order valence-electron chi connectivity index (χ4n) is 2.27. The summed E-state index contributed by atoms with van der Waals surface area (Å²) in [6, 6.07) is 3.29. The van der Waals surface area contributed by atoms with Crippen molar-refractivity contribution in [1.29, 1.82) is 5.26 Å². The van der Waals surface area contributed by atoms with Crippen LogP contribution in [0.3, 0.4) is 0 Å². The van der Waals surface area contributed by atoms with E-state index in [-0.39, 0.29) is 5.41 Å². The number of nitriles is 1. The van der Waals surface area contributed by atoms with Crippen LogP contribution in [0.15, 0.2) is 0 Å². The lowest BCUT2D eigenvalue weighted by molar-refractivity contribution is 0.237. The van der Waals surface area contributed by atoms with E-state index in [4.69, 9.17) is 5.26 Å². The number of rotatable bonds is 7. The van der Waals surface area contributed by atoms with Crippen LogP contribution in [0.4, 0.5) is 0 Å². The van der Waals surface area contributed by atoms with Crippen molar-refractivity contribution in [3.05, 3.63) is 0 Å². The number of nitrogens with zero attached hydrogens (tertiary/aromatic N) is 2. The first-order valence-corrected chi connectivity index (χ1v) is 6.76. The molecule has 2 fully saturated rings. The molecule has 0 N–H and O–H groups in total. The fraction of sp³-hybridized carbons (Fsp3) is 0.929. The minimum absolute atomic E-state index is 0.130. The largest absolute Gasteiger partial charge is 0.300 e. The van der Waals surface area contributed by atoms with Gasteiger partial charge in [-0.1, -0.05) is 0 Å². The van der Waals surface area contributed by atoms with Gasteiger partial charge in [-0.25, -0.2) is 0 Å². The SMILES string of the molecule is CC(C)(C#N)CCCN(CC1CC1)C1CC1. The lowest BCUT2D eigenvalue weighted by Crippen LogP contribution is -2.30. The first-order valence-electron chi connectivity index (χ1n) is 6.76. The molecular formula is C14H24N2. The third-order valence-electron chi connectivity index (χ3n) is 3.80.